The smallest absolute Gasteiger partial charge is 0.282 e. The van der Waals surface area contributed by atoms with Crippen LogP contribution in [-0.2, 0) is 6.42 Å². The Balaban J connectivity index is 2.00. The standard InChI is InChI=1S/C21H21N3O5S/c1-4-7-18-19(15-12-13(28-2)10-11-17(15)29-3)22-21(30-18)23-20(25)14-8-5-6-9-16(14)24(26)27/h5-6,8-12H,4,7H2,1-3H3,(H,22,23,25). The number of nitro benzene ring substituents is 1. The lowest BCUT2D eigenvalue weighted by Crippen LogP contribution is -2.13. The molecular weight excluding hydrogens is 406 g/mol. The molecule has 1 aromatic heterocycles. The first-order valence-corrected chi connectivity index (χ1v) is 10.1. The summed E-state index contributed by atoms with van der Waals surface area (Å²) in [6.45, 7) is 2.05. The van der Waals surface area contributed by atoms with Crippen LogP contribution in [0.4, 0.5) is 10.8 Å². The molecule has 1 N–H and O–H groups in total. The summed E-state index contributed by atoms with van der Waals surface area (Å²) in [5.74, 6) is 0.713. The molecule has 8 nitrogen and oxygen atoms in total. The van der Waals surface area contributed by atoms with Crippen molar-refractivity contribution in [2.24, 2.45) is 0 Å². The molecule has 0 bridgehead atoms. The number of nitro groups is 1. The van der Waals surface area contributed by atoms with E-state index in [1.54, 1.807) is 32.4 Å². The minimum absolute atomic E-state index is 0.0183. The first-order valence-electron chi connectivity index (χ1n) is 9.25. The van der Waals surface area contributed by atoms with Gasteiger partial charge in [-0.05, 0) is 30.7 Å². The molecule has 2 aromatic carbocycles. The van der Waals surface area contributed by atoms with E-state index in [9.17, 15) is 14.9 Å². The number of amides is 1. The monoisotopic (exact) mass is 427 g/mol. The van der Waals surface area contributed by atoms with Crippen LogP contribution in [0.2, 0.25) is 0 Å². The Morgan fingerprint density at radius 3 is 2.63 bits per heavy atom. The van der Waals surface area contributed by atoms with Crippen LogP contribution in [0, 0.1) is 10.1 Å². The summed E-state index contributed by atoms with van der Waals surface area (Å²) in [5, 5.41) is 14.3. The van der Waals surface area contributed by atoms with Gasteiger partial charge in [0.25, 0.3) is 11.6 Å². The van der Waals surface area contributed by atoms with Crippen LogP contribution >= 0.6 is 11.3 Å². The molecule has 0 aliphatic carbocycles. The van der Waals surface area contributed by atoms with Gasteiger partial charge < -0.3 is 9.47 Å². The number of thiazole rings is 1. The van der Waals surface area contributed by atoms with Gasteiger partial charge in [-0.25, -0.2) is 4.98 Å². The van der Waals surface area contributed by atoms with Gasteiger partial charge in [-0.2, -0.15) is 0 Å². The average Bonchev–Trinajstić information content (AvgIpc) is 3.15. The van der Waals surface area contributed by atoms with Crippen LogP contribution in [0.5, 0.6) is 11.5 Å². The molecule has 9 heteroatoms. The zero-order valence-corrected chi connectivity index (χ0v) is 17.6. The van der Waals surface area contributed by atoms with Crippen molar-refractivity contribution in [3.8, 4) is 22.8 Å². The first-order chi connectivity index (χ1) is 14.5. The number of nitrogens with zero attached hydrogens (tertiary/aromatic N) is 2. The summed E-state index contributed by atoms with van der Waals surface area (Å²) < 4.78 is 10.8. The SMILES string of the molecule is CCCc1sc(NC(=O)c2ccccc2[N+](=O)[O-])nc1-c1cc(OC)ccc1OC. The minimum atomic E-state index is -0.580. The van der Waals surface area contributed by atoms with Gasteiger partial charge in [0, 0.05) is 16.5 Å². The number of ether oxygens (including phenoxy) is 2. The van der Waals surface area contributed by atoms with Crippen LogP contribution in [0.15, 0.2) is 42.5 Å². The highest BCUT2D eigenvalue weighted by molar-refractivity contribution is 7.16. The summed E-state index contributed by atoms with van der Waals surface area (Å²) in [7, 11) is 3.16. The second-order valence-electron chi connectivity index (χ2n) is 6.34. The van der Waals surface area contributed by atoms with Gasteiger partial charge in [0.1, 0.15) is 17.1 Å². The molecule has 0 radical (unpaired) electrons. The van der Waals surface area contributed by atoms with E-state index in [0.29, 0.717) is 22.3 Å². The van der Waals surface area contributed by atoms with E-state index in [2.05, 4.69) is 17.2 Å². The molecule has 0 spiro atoms. The fourth-order valence-electron chi connectivity index (χ4n) is 3.00. The number of carbonyl (C=O) groups is 1. The van der Waals surface area contributed by atoms with Gasteiger partial charge in [0.2, 0.25) is 0 Å². The maximum absolute atomic E-state index is 12.7. The lowest BCUT2D eigenvalue weighted by Gasteiger charge is -2.10. The molecule has 30 heavy (non-hydrogen) atoms. The van der Waals surface area contributed by atoms with Crippen molar-refractivity contribution in [3.63, 3.8) is 0 Å². The number of para-hydroxylation sites is 1. The number of methoxy groups -OCH3 is 2. The fraction of sp³-hybridized carbons (Fsp3) is 0.238. The predicted octanol–water partition coefficient (Wildman–Crippen LogP) is 4.94. The number of carbonyl (C=O) groups excluding carboxylic acids is 1. The number of rotatable bonds is 8. The Bertz CT molecular complexity index is 1080. The molecule has 0 aliphatic heterocycles. The maximum atomic E-state index is 12.7. The molecule has 0 saturated carbocycles. The van der Waals surface area contributed by atoms with Gasteiger partial charge in [0.15, 0.2) is 5.13 Å². The third kappa shape index (κ3) is 4.41. The molecule has 3 rings (SSSR count). The summed E-state index contributed by atoms with van der Waals surface area (Å²) in [6, 6.07) is 11.2. The van der Waals surface area contributed by atoms with Crippen LogP contribution in [0.1, 0.15) is 28.6 Å². The van der Waals surface area contributed by atoms with E-state index in [-0.39, 0.29) is 11.3 Å². The van der Waals surface area contributed by atoms with Gasteiger partial charge >= 0.3 is 0 Å². The minimum Gasteiger partial charge on any atom is -0.497 e. The van der Waals surface area contributed by atoms with Gasteiger partial charge in [0.05, 0.1) is 24.8 Å². The number of hydrogen-bond donors (Lipinski definition) is 1. The Hall–Kier alpha value is -3.46. The van der Waals surface area contributed by atoms with Crippen molar-refractivity contribution in [2.45, 2.75) is 19.8 Å². The second kappa shape index (κ2) is 9.36. The molecule has 156 valence electrons. The van der Waals surface area contributed by atoms with Crippen molar-refractivity contribution < 1.29 is 19.2 Å². The molecule has 1 amide bonds. The number of anilines is 1. The van der Waals surface area contributed by atoms with Crippen LogP contribution in [0.3, 0.4) is 0 Å². The highest BCUT2D eigenvalue weighted by Gasteiger charge is 2.22. The van der Waals surface area contributed by atoms with Crippen LogP contribution in [0.25, 0.3) is 11.3 Å². The molecule has 3 aromatic rings. The predicted molar refractivity (Wildman–Crippen MR) is 116 cm³/mol. The van der Waals surface area contributed by atoms with Crippen LogP contribution in [-0.4, -0.2) is 30.0 Å². The maximum Gasteiger partial charge on any atom is 0.282 e. The Morgan fingerprint density at radius 1 is 1.20 bits per heavy atom. The Kier molecular flexibility index (Phi) is 6.63. The zero-order valence-electron chi connectivity index (χ0n) is 16.8. The van der Waals surface area contributed by atoms with Crippen molar-refractivity contribution in [1.29, 1.82) is 0 Å². The summed E-state index contributed by atoms with van der Waals surface area (Å²) in [6.07, 6.45) is 1.65. The third-order valence-electron chi connectivity index (χ3n) is 4.40. The first kappa shape index (κ1) is 21.3. The van der Waals surface area contributed by atoms with Gasteiger partial charge in [-0.15, -0.1) is 11.3 Å². The molecule has 0 atom stereocenters. The van der Waals surface area contributed by atoms with Crippen molar-refractivity contribution in [3.05, 3.63) is 63.0 Å². The van der Waals surface area contributed by atoms with E-state index < -0.39 is 10.8 Å². The number of hydrogen-bond acceptors (Lipinski definition) is 7. The van der Waals surface area contributed by atoms with Crippen LogP contribution < -0.4 is 14.8 Å². The van der Waals surface area contributed by atoms with E-state index in [1.165, 1.54) is 29.5 Å². The highest BCUT2D eigenvalue weighted by atomic mass is 32.1. The molecule has 0 aliphatic rings. The summed E-state index contributed by atoms with van der Waals surface area (Å²) in [5.41, 5.74) is 1.17. The van der Waals surface area contributed by atoms with E-state index in [1.807, 2.05) is 6.07 Å². The molecule has 0 unspecified atom stereocenters. The fourth-order valence-corrected chi connectivity index (χ4v) is 4.07. The summed E-state index contributed by atoms with van der Waals surface area (Å²) >= 11 is 1.34. The Morgan fingerprint density at radius 2 is 1.97 bits per heavy atom. The van der Waals surface area contributed by atoms with Gasteiger partial charge in [-0.3, -0.25) is 20.2 Å². The molecule has 0 saturated heterocycles. The second-order valence-corrected chi connectivity index (χ2v) is 7.42. The molecule has 0 fully saturated rings. The normalized spacial score (nSPS) is 10.5. The lowest BCUT2D eigenvalue weighted by molar-refractivity contribution is -0.385. The third-order valence-corrected chi connectivity index (χ3v) is 5.43. The highest BCUT2D eigenvalue weighted by Crippen LogP contribution is 2.39. The zero-order chi connectivity index (χ0) is 21.7. The number of aromatic nitrogens is 1. The lowest BCUT2D eigenvalue weighted by atomic mass is 10.1. The largest absolute Gasteiger partial charge is 0.497 e. The van der Waals surface area contributed by atoms with E-state index in [4.69, 9.17) is 9.47 Å². The van der Waals surface area contributed by atoms with Crippen molar-refractivity contribution in [1.82, 2.24) is 4.98 Å². The van der Waals surface area contributed by atoms with Crippen molar-refractivity contribution >= 4 is 28.1 Å². The van der Waals surface area contributed by atoms with Crippen molar-refractivity contribution in [2.75, 3.05) is 19.5 Å². The van der Waals surface area contributed by atoms with E-state index >= 15 is 0 Å². The Labute approximate surface area is 177 Å². The quantitative estimate of drug-likeness (QED) is 0.403. The molecular formula is C21H21N3O5S. The van der Waals surface area contributed by atoms with Gasteiger partial charge in [-0.1, -0.05) is 25.5 Å². The summed E-state index contributed by atoms with van der Waals surface area (Å²) in [4.78, 5) is 28.9. The molecule has 1 heterocycles. The average molecular weight is 427 g/mol. The topological polar surface area (TPSA) is 104 Å². The van der Waals surface area contributed by atoms with E-state index in [0.717, 1.165) is 23.3 Å². The number of aryl methyl sites for hydroxylation is 1. The number of nitrogens with one attached hydrogen (secondary N) is 1. The number of benzene rings is 2.